The summed E-state index contributed by atoms with van der Waals surface area (Å²) in [5.41, 5.74) is -2.25. The molecule has 0 aromatic carbocycles. The Morgan fingerprint density at radius 1 is 1.42 bits per heavy atom. The van der Waals surface area contributed by atoms with Crippen molar-refractivity contribution in [3.63, 3.8) is 0 Å². The van der Waals surface area contributed by atoms with Crippen LogP contribution in [-0.4, -0.2) is 22.6 Å². The molecule has 1 rings (SSSR count). The molecule has 0 amide bonds. The van der Waals surface area contributed by atoms with Gasteiger partial charge in [0.1, 0.15) is 0 Å². The van der Waals surface area contributed by atoms with Crippen LogP contribution in [0.15, 0.2) is 6.07 Å². The third-order valence-electron chi connectivity index (χ3n) is 1.74. The van der Waals surface area contributed by atoms with Gasteiger partial charge in [0.05, 0.1) is 5.56 Å². The second kappa shape index (κ2) is 5.12. The van der Waals surface area contributed by atoms with E-state index >= 15 is 0 Å². The fourth-order valence-electron chi connectivity index (χ4n) is 1.10. The van der Waals surface area contributed by atoms with Crippen molar-refractivity contribution in [1.29, 1.82) is 0 Å². The van der Waals surface area contributed by atoms with Crippen molar-refractivity contribution in [3.8, 4) is 5.75 Å². The number of nitro groups is 1. The van der Waals surface area contributed by atoms with Crippen molar-refractivity contribution < 1.29 is 36.4 Å². The molecule has 0 atom stereocenters. The van der Waals surface area contributed by atoms with Crippen LogP contribution in [0.3, 0.4) is 0 Å². The van der Waals surface area contributed by atoms with E-state index in [4.69, 9.17) is 0 Å². The van der Waals surface area contributed by atoms with Crippen molar-refractivity contribution in [2.24, 2.45) is 0 Å². The highest BCUT2D eigenvalue weighted by Crippen LogP contribution is 2.35. The molecule has 0 fully saturated rings. The number of hydrogen-bond acceptors (Lipinski definition) is 5. The minimum Gasteiger partial charge on any atom is -0.396 e. The Hall–Kier alpha value is -2.33. The summed E-state index contributed by atoms with van der Waals surface area (Å²) in [6, 6.07) is 0.283. The molecule has 11 heteroatoms. The molecule has 0 radical (unpaired) electrons. The van der Waals surface area contributed by atoms with E-state index in [1.807, 2.05) is 0 Å². The van der Waals surface area contributed by atoms with Crippen LogP contribution in [0.2, 0.25) is 0 Å². The van der Waals surface area contributed by atoms with Crippen LogP contribution in [0.1, 0.15) is 22.5 Å². The lowest BCUT2D eigenvalue weighted by Crippen LogP contribution is -2.20. The maximum absolute atomic E-state index is 12.3. The number of rotatable bonds is 4. The standard InChI is InChI=1S/C8H3F5N2O4/c9-6(10)4-1-3(2-16)5(19-8(11,12)13)7(14-4)15(17)18/h1-2,6H. The Balaban J connectivity index is 3.49. The van der Waals surface area contributed by atoms with Gasteiger partial charge in [-0.05, 0) is 9.91 Å². The van der Waals surface area contributed by atoms with E-state index in [9.17, 15) is 36.9 Å². The van der Waals surface area contributed by atoms with Crippen LogP contribution in [0.5, 0.6) is 5.75 Å². The molecule has 0 saturated carbocycles. The average Bonchev–Trinajstić information content (AvgIpc) is 2.26. The summed E-state index contributed by atoms with van der Waals surface area (Å²) in [6.07, 6.45) is -8.91. The third kappa shape index (κ3) is 3.56. The van der Waals surface area contributed by atoms with Gasteiger partial charge >= 0.3 is 18.6 Å². The minimum atomic E-state index is -5.34. The zero-order valence-corrected chi connectivity index (χ0v) is 8.65. The topological polar surface area (TPSA) is 82.3 Å². The summed E-state index contributed by atoms with van der Waals surface area (Å²) in [7, 11) is 0. The highest BCUT2D eigenvalue weighted by atomic mass is 19.4. The van der Waals surface area contributed by atoms with Gasteiger partial charge in [-0.1, -0.05) is 0 Å². The molecule has 0 aliphatic rings. The Kier molecular flexibility index (Phi) is 3.97. The van der Waals surface area contributed by atoms with Gasteiger partial charge in [-0.15, -0.1) is 13.2 Å². The fourth-order valence-corrected chi connectivity index (χ4v) is 1.10. The SMILES string of the molecule is O=Cc1cc(C(F)F)nc([N+](=O)[O-])c1OC(F)(F)F. The van der Waals surface area contributed by atoms with Crippen LogP contribution >= 0.6 is 0 Å². The summed E-state index contributed by atoms with van der Waals surface area (Å²) in [6.45, 7) is 0. The minimum absolute atomic E-state index is 0.276. The molecule has 1 aromatic rings. The lowest BCUT2D eigenvalue weighted by molar-refractivity contribution is -0.393. The number of aldehydes is 1. The van der Waals surface area contributed by atoms with E-state index in [2.05, 4.69) is 9.72 Å². The summed E-state index contributed by atoms with van der Waals surface area (Å²) >= 11 is 0. The first-order valence-corrected chi connectivity index (χ1v) is 4.34. The van der Waals surface area contributed by atoms with Gasteiger partial charge in [0.2, 0.25) is 11.4 Å². The maximum Gasteiger partial charge on any atom is 0.573 e. The second-order valence-electron chi connectivity index (χ2n) is 3.01. The molecule has 0 N–H and O–H groups in total. The Morgan fingerprint density at radius 3 is 2.37 bits per heavy atom. The van der Waals surface area contributed by atoms with Crippen LogP contribution in [-0.2, 0) is 0 Å². The molecule has 0 bridgehead atoms. The Morgan fingerprint density at radius 2 is 2.00 bits per heavy atom. The van der Waals surface area contributed by atoms with Gasteiger partial charge in [-0.3, -0.25) is 4.79 Å². The van der Waals surface area contributed by atoms with E-state index < -0.39 is 40.5 Å². The molecule has 0 unspecified atom stereocenters. The third-order valence-corrected chi connectivity index (χ3v) is 1.74. The first-order chi connectivity index (χ1) is 8.65. The predicted octanol–water partition coefficient (Wildman–Crippen LogP) is 2.64. The van der Waals surface area contributed by atoms with Crippen molar-refractivity contribution >= 4 is 12.1 Å². The monoisotopic (exact) mass is 286 g/mol. The molecular formula is C8H3F5N2O4. The van der Waals surface area contributed by atoms with Crippen LogP contribution in [0.25, 0.3) is 0 Å². The van der Waals surface area contributed by atoms with E-state index in [0.717, 1.165) is 0 Å². The number of ether oxygens (including phenoxy) is 1. The number of hydrogen-bond donors (Lipinski definition) is 0. The predicted molar refractivity (Wildman–Crippen MR) is 47.9 cm³/mol. The zero-order chi connectivity index (χ0) is 14.8. The number of aromatic nitrogens is 1. The number of nitrogens with zero attached hydrogens (tertiary/aromatic N) is 2. The quantitative estimate of drug-likeness (QED) is 0.368. The summed E-state index contributed by atoms with van der Waals surface area (Å²) in [5, 5.41) is 10.5. The highest BCUT2D eigenvalue weighted by molar-refractivity contribution is 5.81. The molecule has 104 valence electrons. The summed E-state index contributed by atoms with van der Waals surface area (Å²) in [4.78, 5) is 22.3. The average molecular weight is 286 g/mol. The molecule has 1 heterocycles. The molecule has 0 aliphatic heterocycles. The Bertz CT molecular complexity index is 517. The van der Waals surface area contributed by atoms with Crippen LogP contribution in [0.4, 0.5) is 27.8 Å². The summed E-state index contributed by atoms with van der Waals surface area (Å²) in [5.74, 6) is -3.14. The zero-order valence-electron chi connectivity index (χ0n) is 8.65. The van der Waals surface area contributed by atoms with Crippen LogP contribution < -0.4 is 4.74 Å². The number of carbonyl (C=O) groups is 1. The molecule has 0 saturated heterocycles. The lowest BCUT2D eigenvalue weighted by atomic mass is 10.2. The van der Waals surface area contributed by atoms with E-state index in [-0.39, 0.29) is 12.4 Å². The largest absolute Gasteiger partial charge is 0.573 e. The molecule has 0 spiro atoms. The lowest BCUT2D eigenvalue weighted by Gasteiger charge is -2.10. The van der Waals surface area contributed by atoms with Crippen molar-refractivity contribution in [2.75, 3.05) is 0 Å². The molecule has 19 heavy (non-hydrogen) atoms. The van der Waals surface area contributed by atoms with Gasteiger partial charge in [0, 0.05) is 6.07 Å². The van der Waals surface area contributed by atoms with E-state index in [1.165, 1.54) is 0 Å². The number of pyridine rings is 1. The molecule has 1 aromatic heterocycles. The second-order valence-corrected chi connectivity index (χ2v) is 3.01. The normalized spacial score (nSPS) is 11.5. The molecule has 6 nitrogen and oxygen atoms in total. The highest BCUT2D eigenvalue weighted by Gasteiger charge is 2.38. The number of carbonyl (C=O) groups excluding carboxylic acids is 1. The van der Waals surface area contributed by atoms with Crippen molar-refractivity contribution in [1.82, 2.24) is 4.98 Å². The maximum atomic E-state index is 12.3. The summed E-state index contributed by atoms with van der Waals surface area (Å²) < 4.78 is 64.0. The molecular weight excluding hydrogens is 283 g/mol. The van der Waals surface area contributed by atoms with Crippen molar-refractivity contribution in [2.45, 2.75) is 12.8 Å². The van der Waals surface area contributed by atoms with Gasteiger partial charge in [-0.2, -0.15) is 0 Å². The van der Waals surface area contributed by atoms with Gasteiger partial charge in [0.25, 0.3) is 0 Å². The van der Waals surface area contributed by atoms with Gasteiger partial charge in [-0.25, -0.2) is 8.78 Å². The first-order valence-electron chi connectivity index (χ1n) is 4.34. The van der Waals surface area contributed by atoms with E-state index in [0.29, 0.717) is 0 Å². The molecule has 0 aliphatic carbocycles. The number of alkyl halides is 5. The number of halogens is 5. The van der Waals surface area contributed by atoms with Crippen LogP contribution in [0, 0.1) is 10.1 Å². The Labute approximate surface area is 101 Å². The van der Waals surface area contributed by atoms with Gasteiger partial charge < -0.3 is 14.9 Å². The van der Waals surface area contributed by atoms with Crippen molar-refractivity contribution in [3.05, 3.63) is 27.4 Å². The fraction of sp³-hybridized carbons (Fsp3) is 0.250. The smallest absolute Gasteiger partial charge is 0.396 e. The van der Waals surface area contributed by atoms with E-state index in [1.54, 1.807) is 0 Å². The van der Waals surface area contributed by atoms with Gasteiger partial charge in [0.15, 0.2) is 6.29 Å². The first kappa shape index (κ1) is 14.7.